The molecule has 1 saturated carbocycles. The molecule has 32 heavy (non-hydrogen) atoms. The molecular weight excluding hydrogens is 406 g/mol. The van der Waals surface area contributed by atoms with E-state index in [1.165, 1.54) is 5.56 Å². The van der Waals surface area contributed by atoms with Crippen LogP contribution in [0.3, 0.4) is 0 Å². The average Bonchev–Trinajstić information content (AvgIpc) is 3.67. The maximum absolute atomic E-state index is 12.8. The van der Waals surface area contributed by atoms with Crippen LogP contribution in [-0.4, -0.2) is 42.2 Å². The molecule has 2 aliphatic rings. The summed E-state index contributed by atoms with van der Waals surface area (Å²) < 4.78 is 11.2. The molecule has 7 heteroatoms. The summed E-state index contributed by atoms with van der Waals surface area (Å²) in [5, 5.41) is 12.1. The fourth-order valence-electron chi connectivity index (χ4n) is 3.83. The number of hydrogen-bond donors (Lipinski definition) is 1. The lowest BCUT2D eigenvalue weighted by Gasteiger charge is -2.29. The topological polar surface area (TPSA) is 91.7 Å². The van der Waals surface area contributed by atoms with Crippen LogP contribution in [0.1, 0.15) is 29.5 Å². The van der Waals surface area contributed by atoms with Crippen LogP contribution in [0.15, 0.2) is 54.6 Å². The number of hydrogen-bond acceptors (Lipinski definition) is 5. The average molecular weight is 434 g/mol. The zero-order valence-electron chi connectivity index (χ0n) is 17.9. The van der Waals surface area contributed by atoms with Gasteiger partial charge in [0.25, 0.3) is 5.91 Å². The van der Waals surface area contributed by atoms with Crippen molar-refractivity contribution in [2.75, 3.05) is 13.2 Å². The van der Waals surface area contributed by atoms with Crippen molar-refractivity contribution in [3.8, 4) is 6.07 Å². The number of carbonyl (C=O) groups excluding carboxylic acids is 2. The second kappa shape index (κ2) is 10.3. The molecule has 1 heterocycles. The molecule has 2 atom stereocenters. The highest BCUT2D eigenvalue weighted by Gasteiger charge is 2.41. The van der Waals surface area contributed by atoms with Gasteiger partial charge in [-0.3, -0.25) is 4.79 Å². The summed E-state index contributed by atoms with van der Waals surface area (Å²) >= 11 is 0. The molecule has 2 amide bonds. The number of amides is 2. The minimum absolute atomic E-state index is 0.000562. The molecule has 0 aromatic heterocycles. The number of benzene rings is 2. The summed E-state index contributed by atoms with van der Waals surface area (Å²) in [5.41, 5.74) is 3.33. The number of ether oxygens (including phenoxy) is 2. The number of nitriles is 1. The van der Waals surface area contributed by atoms with E-state index in [1.807, 2.05) is 48.5 Å². The van der Waals surface area contributed by atoms with E-state index < -0.39 is 24.1 Å². The number of nitrogens with zero attached hydrogens (tertiary/aromatic N) is 2. The van der Waals surface area contributed by atoms with Gasteiger partial charge < -0.3 is 19.7 Å². The van der Waals surface area contributed by atoms with Gasteiger partial charge in [-0.1, -0.05) is 54.6 Å². The highest BCUT2D eigenvalue weighted by atomic mass is 16.6. The quantitative estimate of drug-likeness (QED) is 0.690. The van der Waals surface area contributed by atoms with Crippen molar-refractivity contribution in [2.45, 2.75) is 44.6 Å². The summed E-state index contributed by atoms with van der Waals surface area (Å²) in [4.78, 5) is 27.2. The van der Waals surface area contributed by atoms with Crippen LogP contribution >= 0.6 is 0 Å². The summed E-state index contributed by atoms with van der Waals surface area (Å²) in [5.74, 6) is -0.436. The summed E-state index contributed by atoms with van der Waals surface area (Å²) in [6, 6.07) is 18.9. The van der Waals surface area contributed by atoms with Crippen molar-refractivity contribution in [3.63, 3.8) is 0 Å². The summed E-state index contributed by atoms with van der Waals surface area (Å²) in [7, 11) is 0. The second-order valence-corrected chi connectivity index (χ2v) is 8.27. The van der Waals surface area contributed by atoms with E-state index in [1.54, 1.807) is 4.90 Å². The van der Waals surface area contributed by atoms with Crippen molar-refractivity contribution in [1.29, 1.82) is 5.26 Å². The molecule has 2 aromatic carbocycles. The second-order valence-electron chi connectivity index (χ2n) is 8.27. The maximum atomic E-state index is 12.8. The van der Waals surface area contributed by atoms with Gasteiger partial charge in [0.2, 0.25) is 0 Å². The van der Waals surface area contributed by atoms with Crippen molar-refractivity contribution >= 4 is 12.0 Å². The summed E-state index contributed by atoms with van der Waals surface area (Å²) in [6.45, 7) is 1.45. The number of fused-ring (bicyclic) bond motifs is 1. The Morgan fingerprint density at radius 2 is 1.81 bits per heavy atom. The monoisotopic (exact) mass is 433 g/mol. The van der Waals surface area contributed by atoms with Gasteiger partial charge in [-0.2, -0.15) is 5.26 Å². The fraction of sp³-hybridized carbons (Fsp3) is 0.400. The third-order valence-electron chi connectivity index (χ3n) is 5.79. The highest BCUT2D eigenvalue weighted by molar-refractivity contribution is 5.84. The third kappa shape index (κ3) is 5.65. The standard InChI is InChI=1S/C25H27N3O4/c26-14-22(17-31-16-18-6-2-1-3-7-18)27-24(29)23(20-10-11-20)32-25(30)28-13-12-19-8-4-5-9-21(19)15-28/h1-9,20,22-23H,10-13,15-17H2,(H,27,29)/t22-,23+/m1/s1. The predicted molar refractivity (Wildman–Crippen MR) is 117 cm³/mol. The molecule has 1 fully saturated rings. The van der Waals surface area contributed by atoms with Gasteiger partial charge in [-0.05, 0) is 36.0 Å². The van der Waals surface area contributed by atoms with Crippen molar-refractivity contribution < 1.29 is 19.1 Å². The Kier molecular flexibility index (Phi) is 7.03. The van der Waals surface area contributed by atoms with E-state index in [0.29, 0.717) is 19.7 Å². The third-order valence-corrected chi connectivity index (χ3v) is 5.79. The minimum atomic E-state index is -0.885. The first kappa shape index (κ1) is 21.8. The van der Waals surface area contributed by atoms with Crippen LogP contribution in [0, 0.1) is 17.2 Å². The van der Waals surface area contributed by atoms with E-state index >= 15 is 0 Å². The molecule has 1 aliphatic carbocycles. The first-order chi connectivity index (χ1) is 15.6. The molecule has 7 nitrogen and oxygen atoms in total. The van der Waals surface area contributed by atoms with E-state index in [-0.39, 0.29) is 12.5 Å². The van der Waals surface area contributed by atoms with Gasteiger partial charge in [0.05, 0.1) is 19.3 Å². The molecule has 0 saturated heterocycles. The lowest BCUT2D eigenvalue weighted by atomic mass is 10.0. The summed E-state index contributed by atoms with van der Waals surface area (Å²) in [6.07, 6.45) is 1.05. The van der Waals surface area contributed by atoms with Gasteiger partial charge in [0.1, 0.15) is 6.04 Å². The van der Waals surface area contributed by atoms with Gasteiger partial charge in [0, 0.05) is 19.0 Å². The van der Waals surface area contributed by atoms with E-state index in [9.17, 15) is 14.9 Å². The molecular formula is C25H27N3O4. The van der Waals surface area contributed by atoms with E-state index in [0.717, 1.165) is 30.4 Å². The number of nitrogens with one attached hydrogen (secondary N) is 1. The highest BCUT2D eigenvalue weighted by Crippen LogP contribution is 2.35. The molecule has 1 N–H and O–H groups in total. The lowest BCUT2D eigenvalue weighted by Crippen LogP contribution is -2.47. The van der Waals surface area contributed by atoms with Crippen LogP contribution in [0.25, 0.3) is 0 Å². The van der Waals surface area contributed by atoms with E-state index in [4.69, 9.17) is 9.47 Å². The first-order valence-corrected chi connectivity index (χ1v) is 11.0. The number of rotatable bonds is 8. The largest absolute Gasteiger partial charge is 0.436 e. The minimum Gasteiger partial charge on any atom is -0.436 e. The van der Waals surface area contributed by atoms with Gasteiger partial charge in [-0.15, -0.1) is 0 Å². The fourth-order valence-corrected chi connectivity index (χ4v) is 3.83. The Morgan fingerprint density at radius 1 is 1.09 bits per heavy atom. The Morgan fingerprint density at radius 3 is 2.53 bits per heavy atom. The van der Waals surface area contributed by atoms with E-state index in [2.05, 4.69) is 17.5 Å². The molecule has 4 rings (SSSR count). The SMILES string of the molecule is N#C[C@H](COCc1ccccc1)NC(=O)[C@@H](OC(=O)N1CCc2ccccc2C1)C1CC1. The van der Waals surface area contributed by atoms with Crippen LogP contribution in [-0.2, 0) is 33.8 Å². The Balaban J connectivity index is 1.29. The Labute approximate surface area is 187 Å². The smallest absolute Gasteiger partial charge is 0.410 e. The Hall–Kier alpha value is -3.37. The maximum Gasteiger partial charge on any atom is 0.410 e. The van der Waals surface area contributed by atoms with Crippen LogP contribution in [0.2, 0.25) is 0 Å². The zero-order valence-corrected chi connectivity index (χ0v) is 17.9. The Bertz CT molecular complexity index is 984. The molecule has 2 aromatic rings. The molecule has 0 spiro atoms. The molecule has 0 radical (unpaired) electrons. The first-order valence-electron chi connectivity index (χ1n) is 11.0. The molecule has 166 valence electrons. The van der Waals surface area contributed by atoms with Gasteiger partial charge >= 0.3 is 6.09 Å². The molecule has 0 unspecified atom stereocenters. The van der Waals surface area contributed by atoms with Crippen LogP contribution in [0.5, 0.6) is 0 Å². The van der Waals surface area contributed by atoms with Gasteiger partial charge in [0.15, 0.2) is 6.10 Å². The van der Waals surface area contributed by atoms with Crippen molar-refractivity contribution in [1.82, 2.24) is 10.2 Å². The normalized spacial score (nSPS) is 16.9. The van der Waals surface area contributed by atoms with Crippen LogP contribution in [0.4, 0.5) is 4.79 Å². The van der Waals surface area contributed by atoms with Gasteiger partial charge in [-0.25, -0.2) is 4.79 Å². The molecule has 0 bridgehead atoms. The molecule has 1 aliphatic heterocycles. The zero-order chi connectivity index (χ0) is 22.3. The van der Waals surface area contributed by atoms with Crippen molar-refractivity contribution in [2.24, 2.45) is 5.92 Å². The van der Waals surface area contributed by atoms with Crippen LogP contribution < -0.4 is 5.32 Å². The number of carbonyl (C=O) groups is 2. The van der Waals surface area contributed by atoms with Crippen molar-refractivity contribution in [3.05, 3.63) is 71.3 Å². The predicted octanol–water partition coefficient (Wildman–Crippen LogP) is 3.19. The lowest BCUT2D eigenvalue weighted by molar-refractivity contribution is -0.132.